The van der Waals surface area contributed by atoms with E-state index in [0.29, 0.717) is 24.2 Å². The lowest BCUT2D eigenvalue weighted by Crippen LogP contribution is -2.44. The molecule has 2 aromatic rings. The minimum Gasteiger partial charge on any atom is -0.298 e. The van der Waals surface area contributed by atoms with Crippen LogP contribution in [-0.2, 0) is 4.79 Å². The summed E-state index contributed by atoms with van der Waals surface area (Å²) in [5.41, 5.74) is 2.91. The molecule has 2 unspecified atom stereocenters. The van der Waals surface area contributed by atoms with Crippen molar-refractivity contribution in [3.63, 3.8) is 0 Å². The normalized spacial score (nSPS) is 21.3. The Kier molecular flexibility index (Phi) is 6.51. The molecule has 10 nitrogen and oxygen atoms in total. The van der Waals surface area contributed by atoms with Crippen LogP contribution in [0.4, 0.5) is 11.4 Å². The van der Waals surface area contributed by atoms with Crippen LogP contribution in [-0.4, -0.2) is 51.0 Å². The predicted molar refractivity (Wildman–Crippen MR) is 127 cm³/mol. The predicted octanol–water partition coefficient (Wildman–Crippen LogP) is 4.19. The van der Waals surface area contributed by atoms with Crippen LogP contribution in [0.1, 0.15) is 37.4 Å². The summed E-state index contributed by atoms with van der Waals surface area (Å²) in [4.78, 5) is 36.5. The number of hydrogen-bond donors (Lipinski definition) is 0. The van der Waals surface area contributed by atoms with Gasteiger partial charge in [0.2, 0.25) is 5.91 Å². The van der Waals surface area contributed by atoms with Crippen LogP contribution >= 0.6 is 0 Å². The van der Waals surface area contributed by atoms with Crippen molar-refractivity contribution in [1.29, 1.82) is 0 Å². The van der Waals surface area contributed by atoms with E-state index in [4.69, 9.17) is 0 Å². The van der Waals surface area contributed by atoms with E-state index in [1.54, 1.807) is 24.3 Å². The fraction of sp³-hybridized carbons (Fsp3) is 0.333. The van der Waals surface area contributed by atoms with Crippen LogP contribution in [0.5, 0.6) is 0 Å². The second-order valence-electron chi connectivity index (χ2n) is 8.51. The van der Waals surface area contributed by atoms with Crippen LogP contribution < -0.4 is 0 Å². The molecule has 2 aliphatic heterocycles. The number of carbonyl (C=O) groups is 1. The van der Waals surface area contributed by atoms with Gasteiger partial charge < -0.3 is 0 Å². The van der Waals surface area contributed by atoms with Crippen molar-refractivity contribution >= 4 is 29.1 Å². The zero-order valence-corrected chi connectivity index (χ0v) is 19.0. The second kappa shape index (κ2) is 9.52. The summed E-state index contributed by atoms with van der Waals surface area (Å²) in [7, 11) is 0. The van der Waals surface area contributed by atoms with Gasteiger partial charge >= 0.3 is 0 Å². The van der Waals surface area contributed by atoms with E-state index < -0.39 is 15.9 Å². The number of hydrogen-bond acceptors (Lipinski definition) is 7. The second-order valence-corrected chi connectivity index (χ2v) is 8.51. The monoisotopic (exact) mass is 463 g/mol. The van der Waals surface area contributed by atoms with Gasteiger partial charge in [-0.15, -0.1) is 0 Å². The van der Waals surface area contributed by atoms with Gasteiger partial charge in [-0.2, -0.15) is 5.10 Å². The SMILES string of the molecule is CCCN1CC(=Cc2cccc([N+](=O)[O-])c2)C2=NN(C(C)=O)C(c3cccc([N+](=O)[O-])c3)C2C1. The zero-order valence-electron chi connectivity index (χ0n) is 19.0. The number of non-ortho nitro benzene ring substituents is 2. The van der Waals surface area contributed by atoms with Gasteiger partial charge in [0, 0.05) is 50.2 Å². The lowest BCUT2D eigenvalue weighted by molar-refractivity contribution is -0.385. The third kappa shape index (κ3) is 4.58. The van der Waals surface area contributed by atoms with Crippen molar-refractivity contribution in [3.05, 3.63) is 85.5 Å². The Labute approximate surface area is 196 Å². The third-order valence-corrected chi connectivity index (χ3v) is 6.10. The highest BCUT2D eigenvalue weighted by atomic mass is 16.6. The molecule has 4 rings (SSSR count). The first-order valence-corrected chi connectivity index (χ1v) is 11.1. The molecule has 1 saturated heterocycles. The number of nitrogens with zero attached hydrogens (tertiary/aromatic N) is 5. The number of hydrazone groups is 1. The van der Waals surface area contributed by atoms with Crippen LogP contribution in [0.2, 0.25) is 0 Å². The van der Waals surface area contributed by atoms with E-state index >= 15 is 0 Å². The first-order chi connectivity index (χ1) is 16.3. The lowest BCUT2D eigenvalue weighted by atomic mass is 9.83. The van der Waals surface area contributed by atoms with Crippen LogP contribution in [0, 0.1) is 26.1 Å². The van der Waals surface area contributed by atoms with Crippen LogP contribution in [0.15, 0.2) is 59.2 Å². The van der Waals surface area contributed by atoms with Crippen molar-refractivity contribution < 1.29 is 14.6 Å². The van der Waals surface area contributed by atoms with E-state index in [0.717, 1.165) is 24.3 Å². The minimum atomic E-state index is -0.472. The average Bonchev–Trinajstić information content (AvgIpc) is 3.20. The van der Waals surface area contributed by atoms with E-state index in [9.17, 15) is 25.0 Å². The fourth-order valence-electron chi connectivity index (χ4n) is 4.72. The van der Waals surface area contributed by atoms with Crippen molar-refractivity contribution in [2.45, 2.75) is 26.3 Å². The van der Waals surface area contributed by atoms with Crippen molar-refractivity contribution in [2.24, 2.45) is 11.0 Å². The Morgan fingerprint density at radius 1 is 1.12 bits per heavy atom. The van der Waals surface area contributed by atoms with E-state index in [1.165, 1.54) is 36.2 Å². The highest BCUT2D eigenvalue weighted by Crippen LogP contribution is 2.41. The summed E-state index contributed by atoms with van der Waals surface area (Å²) in [5.74, 6) is -0.439. The lowest BCUT2D eigenvalue weighted by Gasteiger charge is -2.36. The van der Waals surface area contributed by atoms with Gasteiger partial charge in [0.15, 0.2) is 0 Å². The molecule has 0 aromatic heterocycles. The summed E-state index contributed by atoms with van der Waals surface area (Å²) in [5, 5.41) is 28.7. The third-order valence-electron chi connectivity index (χ3n) is 6.10. The Balaban J connectivity index is 1.79. The number of amides is 1. The zero-order chi connectivity index (χ0) is 24.4. The van der Waals surface area contributed by atoms with Gasteiger partial charge in [0.25, 0.3) is 11.4 Å². The molecule has 176 valence electrons. The Hall–Kier alpha value is -3.92. The quantitative estimate of drug-likeness (QED) is 0.468. The molecule has 1 amide bonds. The van der Waals surface area contributed by atoms with E-state index in [-0.39, 0.29) is 23.2 Å². The van der Waals surface area contributed by atoms with Crippen molar-refractivity contribution in [2.75, 3.05) is 19.6 Å². The fourth-order valence-corrected chi connectivity index (χ4v) is 4.72. The molecule has 0 saturated carbocycles. The standard InChI is InChI=1S/C24H25N5O5/c1-3-10-26-14-19(11-17-6-4-8-20(12-17)28(31)32)23-22(15-26)24(27(25-23)16(2)30)18-7-5-9-21(13-18)29(33)34/h4-9,11-13,22,24H,3,10,14-15H2,1-2H3. The Bertz CT molecular complexity index is 1210. The molecule has 2 heterocycles. The molecule has 2 aliphatic rings. The molecule has 1 fully saturated rings. The number of carbonyl (C=O) groups excluding carboxylic acids is 1. The summed E-state index contributed by atoms with van der Waals surface area (Å²) < 4.78 is 0. The van der Waals surface area contributed by atoms with E-state index in [1.807, 2.05) is 6.08 Å². The molecule has 0 spiro atoms. The maximum Gasteiger partial charge on any atom is 0.270 e. The molecule has 0 N–H and O–H groups in total. The summed E-state index contributed by atoms with van der Waals surface area (Å²) in [6.45, 7) is 5.59. The maximum atomic E-state index is 12.6. The minimum absolute atomic E-state index is 0.000295. The number of nitro groups is 2. The number of piperidine rings is 1. The van der Waals surface area contributed by atoms with Gasteiger partial charge in [-0.05, 0) is 35.7 Å². The molecular weight excluding hydrogens is 438 g/mol. The summed E-state index contributed by atoms with van der Waals surface area (Å²) in [6, 6.07) is 12.3. The molecule has 34 heavy (non-hydrogen) atoms. The van der Waals surface area contributed by atoms with Gasteiger partial charge in [-0.3, -0.25) is 29.9 Å². The summed E-state index contributed by atoms with van der Waals surface area (Å²) >= 11 is 0. The highest BCUT2D eigenvalue weighted by Gasteiger charge is 2.45. The molecular formula is C24H25N5O5. The van der Waals surface area contributed by atoms with Gasteiger partial charge in [-0.25, -0.2) is 5.01 Å². The van der Waals surface area contributed by atoms with Gasteiger partial charge in [0.1, 0.15) is 0 Å². The number of likely N-dealkylation sites (tertiary alicyclic amines) is 1. The smallest absolute Gasteiger partial charge is 0.270 e. The van der Waals surface area contributed by atoms with Crippen LogP contribution in [0.25, 0.3) is 6.08 Å². The molecule has 0 radical (unpaired) electrons. The van der Waals surface area contributed by atoms with Crippen LogP contribution in [0.3, 0.4) is 0 Å². The number of nitro benzene ring substituents is 2. The molecule has 2 aromatic carbocycles. The number of benzene rings is 2. The highest BCUT2D eigenvalue weighted by molar-refractivity contribution is 6.08. The largest absolute Gasteiger partial charge is 0.298 e. The first-order valence-electron chi connectivity index (χ1n) is 11.1. The molecule has 10 heteroatoms. The molecule has 0 aliphatic carbocycles. The Morgan fingerprint density at radius 3 is 2.44 bits per heavy atom. The van der Waals surface area contributed by atoms with Crippen molar-refractivity contribution in [1.82, 2.24) is 9.91 Å². The Morgan fingerprint density at radius 2 is 1.79 bits per heavy atom. The van der Waals surface area contributed by atoms with Gasteiger partial charge in [-0.1, -0.05) is 31.2 Å². The van der Waals surface area contributed by atoms with Gasteiger partial charge in [0.05, 0.1) is 21.6 Å². The van der Waals surface area contributed by atoms with E-state index in [2.05, 4.69) is 16.9 Å². The molecule has 2 atom stereocenters. The molecule has 0 bridgehead atoms. The first kappa shape index (κ1) is 23.2. The average molecular weight is 463 g/mol. The topological polar surface area (TPSA) is 122 Å². The maximum absolute atomic E-state index is 12.6. The summed E-state index contributed by atoms with van der Waals surface area (Å²) in [6.07, 6.45) is 2.82. The van der Waals surface area contributed by atoms with Crippen molar-refractivity contribution in [3.8, 4) is 0 Å². The number of rotatable bonds is 6. The number of fused-ring (bicyclic) bond motifs is 1.